The first kappa shape index (κ1) is 20.1. The van der Waals surface area contributed by atoms with Crippen molar-refractivity contribution in [2.75, 3.05) is 0 Å². The van der Waals surface area contributed by atoms with E-state index in [1.54, 1.807) is 0 Å². The quantitative estimate of drug-likeness (QED) is 0.451. The Morgan fingerprint density at radius 1 is 1.22 bits per heavy atom. The SMILES string of the molecule is C=C(C/C(C)=C\C)SC(CC)CCc1ccc(C(C)(C)C)cc1. The molecule has 0 aromatic heterocycles. The zero-order valence-corrected chi connectivity index (χ0v) is 16.7. The predicted octanol–water partition coefficient (Wildman–Crippen LogP) is 7.30. The van der Waals surface area contributed by atoms with Gasteiger partial charge in [-0.05, 0) is 61.0 Å². The zero-order chi connectivity index (χ0) is 17.5. The van der Waals surface area contributed by atoms with E-state index < -0.39 is 0 Å². The van der Waals surface area contributed by atoms with E-state index in [4.69, 9.17) is 0 Å². The third-order valence-electron chi connectivity index (χ3n) is 4.33. The first-order valence-corrected chi connectivity index (χ1v) is 9.69. The highest BCUT2D eigenvalue weighted by Gasteiger charge is 2.13. The largest absolute Gasteiger partial charge is 0.127 e. The minimum Gasteiger partial charge on any atom is -0.127 e. The van der Waals surface area contributed by atoms with E-state index in [0.29, 0.717) is 5.25 Å². The number of benzene rings is 1. The highest BCUT2D eigenvalue weighted by Crippen LogP contribution is 2.30. The number of thioether (sulfide) groups is 1. The number of allylic oxidation sites excluding steroid dienone is 3. The number of hydrogen-bond acceptors (Lipinski definition) is 1. The Morgan fingerprint density at radius 2 is 1.83 bits per heavy atom. The van der Waals surface area contributed by atoms with Crippen LogP contribution in [0.25, 0.3) is 0 Å². The van der Waals surface area contributed by atoms with Crippen LogP contribution in [0.1, 0.15) is 71.9 Å². The van der Waals surface area contributed by atoms with Gasteiger partial charge in [0.15, 0.2) is 0 Å². The van der Waals surface area contributed by atoms with Crippen LogP contribution in [-0.2, 0) is 11.8 Å². The highest BCUT2D eigenvalue weighted by molar-refractivity contribution is 8.03. The Kier molecular flexibility index (Phi) is 8.19. The molecule has 0 aliphatic carbocycles. The van der Waals surface area contributed by atoms with Gasteiger partial charge in [-0.25, -0.2) is 0 Å². The van der Waals surface area contributed by atoms with Crippen molar-refractivity contribution in [1.29, 1.82) is 0 Å². The van der Waals surface area contributed by atoms with Gasteiger partial charge < -0.3 is 0 Å². The standard InChI is InChI=1S/C22H34S/c1-8-17(3)16-18(4)23-21(9-2)15-12-19-10-13-20(14-11-19)22(5,6)7/h8,10-11,13-14,21H,4,9,12,15-16H2,1-3,5-7H3/b17-8-. The van der Waals surface area contributed by atoms with Crippen LogP contribution in [0.15, 0.2) is 47.4 Å². The minimum atomic E-state index is 0.239. The molecule has 0 aliphatic heterocycles. The van der Waals surface area contributed by atoms with Crippen LogP contribution in [-0.4, -0.2) is 5.25 Å². The van der Waals surface area contributed by atoms with Crippen LogP contribution in [0.5, 0.6) is 0 Å². The summed E-state index contributed by atoms with van der Waals surface area (Å²) in [6, 6.07) is 9.18. The van der Waals surface area contributed by atoms with E-state index >= 15 is 0 Å². The van der Waals surface area contributed by atoms with E-state index in [1.807, 2.05) is 11.8 Å². The van der Waals surface area contributed by atoms with E-state index in [1.165, 1.54) is 34.4 Å². The second-order valence-corrected chi connectivity index (χ2v) is 8.96. The van der Waals surface area contributed by atoms with Crippen LogP contribution in [0.4, 0.5) is 0 Å². The van der Waals surface area contributed by atoms with Crippen molar-refractivity contribution in [3.05, 3.63) is 58.5 Å². The molecule has 0 N–H and O–H groups in total. The van der Waals surface area contributed by atoms with Crippen molar-refractivity contribution < 1.29 is 0 Å². The zero-order valence-electron chi connectivity index (χ0n) is 15.9. The smallest absolute Gasteiger partial charge is 0.00916 e. The number of hydrogen-bond donors (Lipinski definition) is 0. The molecule has 0 spiro atoms. The van der Waals surface area contributed by atoms with Crippen molar-refractivity contribution >= 4 is 11.8 Å². The fraction of sp³-hybridized carbons (Fsp3) is 0.545. The van der Waals surface area contributed by atoms with Crippen molar-refractivity contribution in [2.24, 2.45) is 0 Å². The van der Waals surface area contributed by atoms with Crippen LogP contribution >= 0.6 is 11.8 Å². The lowest BCUT2D eigenvalue weighted by atomic mass is 9.86. The maximum Gasteiger partial charge on any atom is 0.00916 e. The molecule has 0 bridgehead atoms. The second kappa shape index (κ2) is 9.37. The van der Waals surface area contributed by atoms with E-state index in [-0.39, 0.29) is 5.41 Å². The highest BCUT2D eigenvalue weighted by atomic mass is 32.2. The van der Waals surface area contributed by atoms with Gasteiger partial charge in [-0.2, -0.15) is 0 Å². The molecule has 128 valence electrons. The molecule has 0 saturated heterocycles. The van der Waals surface area contributed by atoms with Gasteiger partial charge in [-0.15, -0.1) is 11.8 Å². The minimum absolute atomic E-state index is 0.239. The normalized spacial score (nSPS) is 13.9. The number of rotatable bonds is 8. The average molecular weight is 331 g/mol. The Bertz CT molecular complexity index is 514. The van der Waals surface area contributed by atoms with E-state index in [2.05, 4.69) is 78.5 Å². The van der Waals surface area contributed by atoms with Crippen molar-refractivity contribution in [2.45, 2.75) is 77.9 Å². The summed E-state index contributed by atoms with van der Waals surface area (Å²) in [6.07, 6.45) is 6.80. The van der Waals surface area contributed by atoms with Crippen molar-refractivity contribution in [1.82, 2.24) is 0 Å². The third-order valence-corrected chi connectivity index (χ3v) is 5.71. The van der Waals surface area contributed by atoms with Crippen LogP contribution in [0, 0.1) is 0 Å². The number of aryl methyl sites for hydroxylation is 1. The Morgan fingerprint density at radius 3 is 2.30 bits per heavy atom. The van der Waals surface area contributed by atoms with Gasteiger partial charge in [0.2, 0.25) is 0 Å². The van der Waals surface area contributed by atoms with E-state index in [9.17, 15) is 0 Å². The maximum atomic E-state index is 4.25. The van der Waals surface area contributed by atoms with Gasteiger partial charge in [0.05, 0.1) is 0 Å². The lowest BCUT2D eigenvalue weighted by Crippen LogP contribution is -2.10. The van der Waals surface area contributed by atoms with Gasteiger partial charge in [0.1, 0.15) is 0 Å². The molecule has 0 nitrogen and oxygen atoms in total. The summed E-state index contributed by atoms with van der Waals surface area (Å²) in [4.78, 5) is 1.30. The molecule has 1 aromatic rings. The fourth-order valence-corrected chi connectivity index (χ4v) is 3.72. The van der Waals surface area contributed by atoms with E-state index in [0.717, 1.165) is 12.8 Å². The average Bonchev–Trinajstić information content (AvgIpc) is 2.50. The summed E-state index contributed by atoms with van der Waals surface area (Å²) in [6.45, 7) is 17.6. The Labute approximate surface area is 148 Å². The van der Waals surface area contributed by atoms with Crippen molar-refractivity contribution in [3.63, 3.8) is 0 Å². The summed E-state index contributed by atoms with van der Waals surface area (Å²) in [7, 11) is 0. The first-order valence-electron chi connectivity index (χ1n) is 8.82. The molecule has 0 aliphatic rings. The fourth-order valence-electron chi connectivity index (χ4n) is 2.54. The topological polar surface area (TPSA) is 0 Å². The lowest BCUT2D eigenvalue weighted by molar-refractivity contribution is 0.590. The molecule has 1 aromatic carbocycles. The molecule has 0 saturated carbocycles. The molecular weight excluding hydrogens is 296 g/mol. The van der Waals surface area contributed by atoms with Crippen LogP contribution in [0.3, 0.4) is 0 Å². The van der Waals surface area contributed by atoms with Gasteiger partial charge in [-0.3, -0.25) is 0 Å². The molecular formula is C22H34S. The Hall–Kier alpha value is -0.950. The molecule has 0 fully saturated rings. The van der Waals surface area contributed by atoms with Gasteiger partial charge in [-0.1, -0.05) is 70.2 Å². The summed E-state index contributed by atoms with van der Waals surface area (Å²) in [5.74, 6) is 0. The van der Waals surface area contributed by atoms with Crippen LogP contribution in [0.2, 0.25) is 0 Å². The summed E-state index contributed by atoms with van der Waals surface area (Å²) >= 11 is 1.98. The van der Waals surface area contributed by atoms with Gasteiger partial charge in [0.25, 0.3) is 0 Å². The predicted molar refractivity (Wildman–Crippen MR) is 108 cm³/mol. The molecule has 0 amide bonds. The second-order valence-electron chi connectivity index (χ2n) is 7.48. The van der Waals surface area contributed by atoms with Crippen LogP contribution < -0.4 is 0 Å². The summed E-state index contributed by atoms with van der Waals surface area (Å²) in [5.41, 5.74) is 4.52. The molecule has 1 heteroatoms. The summed E-state index contributed by atoms with van der Waals surface area (Å²) < 4.78 is 0. The third kappa shape index (κ3) is 7.44. The Balaban J connectivity index is 2.52. The molecule has 1 atom stereocenters. The first-order chi connectivity index (χ1) is 10.8. The molecule has 0 heterocycles. The molecule has 1 unspecified atom stereocenters. The summed E-state index contributed by atoms with van der Waals surface area (Å²) in [5, 5.41) is 0.675. The maximum absolute atomic E-state index is 4.25. The molecule has 1 rings (SSSR count). The molecule has 0 radical (unpaired) electrons. The molecule has 23 heavy (non-hydrogen) atoms. The monoisotopic (exact) mass is 330 g/mol. The van der Waals surface area contributed by atoms with Gasteiger partial charge >= 0.3 is 0 Å². The lowest BCUT2D eigenvalue weighted by Gasteiger charge is -2.20. The van der Waals surface area contributed by atoms with Crippen molar-refractivity contribution in [3.8, 4) is 0 Å². The van der Waals surface area contributed by atoms with Gasteiger partial charge in [0, 0.05) is 5.25 Å².